The lowest BCUT2D eigenvalue weighted by molar-refractivity contribution is -0.137. The fourth-order valence-corrected chi connectivity index (χ4v) is 1.69. The van der Waals surface area contributed by atoms with Crippen molar-refractivity contribution in [1.82, 2.24) is 9.71 Å². The van der Waals surface area contributed by atoms with Gasteiger partial charge < -0.3 is 4.74 Å². The highest BCUT2D eigenvalue weighted by Crippen LogP contribution is 2.29. The van der Waals surface area contributed by atoms with Crippen molar-refractivity contribution in [3.63, 3.8) is 0 Å². The van der Waals surface area contributed by atoms with Gasteiger partial charge in [0.1, 0.15) is 6.61 Å². The summed E-state index contributed by atoms with van der Waals surface area (Å²) in [5.41, 5.74) is -0.869. The lowest BCUT2D eigenvalue weighted by Crippen LogP contribution is -2.29. The standard InChI is InChI=1S/C10H13F3N2O3S/c1-2-19(16,17)15-5-6-18-9-4-3-8(7-14-9)10(11,12)13/h3-4,7,15H,2,5-6H2,1H3. The number of aromatic nitrogens is 1. The van der Waals surface area contributed by atoms with Gasteiger partial charge in [-0.05, 0) is 13.0 Å². The molecular weight excluding hydrogens is 285 g/mol. The number of rotatable bonds is 6. The summed E-state index contributed by atoms with van der Waals surface area (Å²) >= 11 is 0. The van der Waals surface area contributed by atoms with Crippen molar-refractivity contribution in [2.45, 2.75) is 13.1 Å². The third kappa shape index (κ3) is 5.43. The van der Waals surface area contributed by atoms with Crippen molar-refractivity contribution >= 4 is 10.0 Å². The Morgan fingerprint density at radius 2 is 2.05 bits per heavy atom. The van der Waals surface area contributed by atoms with Gasteiger partial charge in [-0.25, -0.2) is 18.1 Å². The largest absolute Gasteiger partial charge is 0.476 e. The molecule has 1 aromatic rings. The van der Waals surface area contributed by atoms with Crippen molar-refractivity contribution in [2.75, 3.05) is 18.9 Å². The maximum atomic E-state index is 12.2. The number of sulfonamides is 1. The Morgan fingerprint density at radius 3 is 2.53 bits per heavy atom. The summed E-state index contributed by atoms with van der Waals surface area (Å²) in [7, 11) is -3.30. The smallest absolute Gasteiger partial charge is 0.417 e. The quantitative estimate of drug-likeness (QED) is 0.807. The van der Waals surface area contributed by atoms with Gasteiger partial charge in [-0.15, -0.1) is 0 Å². The van der Waals surface area contributed by atoms with E-state index in [1.165, 1.54) is 6.92 Å². The predicted octanol–water partition coefficient (Wildman–Crippen LogP) is 1.42. The third-order valence-electron chi connectivity index (χ3n) is 2.12. The minimum absolute atomic E-state index is 0.00342. The van der Waals surface area contributed by atoms with Crippen LogP contribution >= 0.6 is 0 Å². The molecule has 9 heteroatoms. The van der Waals surface area contributed by atoms with Gasteiger partial charge in [0.05, 0.1) is 11.3 Å². The topological polar surface area (TPSA) is 68.3 Å². The van der Waals surface area contributed by atoms with Crippen LogP contribution in [0.5, 0.6) is 5.88 Å². The Hall–Kier alpha value is -1.35. The minimum atomic E-state index is -4.44. The summed E-state index contributed by atoms with van der Waals surface area (Å²) in [6, 6.07) is 1.93. The first kappa shape index (κ1) is 15.7. The van der Waals surface area contributed by atoms with Gasteiger partial charge in [0, 0.05) is 18.8 Å². The summed E-state index contributed by atoms with van der Waals surface area (Å²) in [6.07, 6.45) is -3.78. The number of halogens is 3. The second-order valence-corrected chi connectivity index (χ2v) is 5.62. The van der Waals surface area contributed by atoms with Crippen LogP contribution in [0.3, 0.4) is 0 Å². The second-order valence-electron chi connectivity index (χ2n) is 3.53. The highest BCUT2D eigenvalue weighted by molar-refractivity contribution is 7.89. The average Bonchev–Trinajstić information content (AvgIpc) is 2.34. The van der Waals surface area contributed by atoms with E-state index in [0.29, 0.717) is 6.20 Å². The van der Waals surface area contributed by atoms with Crippen LogP contribution < -0.4 is 9.46 Å². The molecule has 1 rings (SSSR count). The van der Waals surface area contributed by atoms with E-state index < -0.39 is 21.8 Å². The van der Waals surface area contributed by atoms with Crippen LogP contribution in [0.4, 0.5) is 13.2 Å². The molecule has 0 saturated carbocycles. The molecule has 0 aliphatic rings. The molecule has 1 aromatic heterocycles. The molecular formula is C10H13F3N2O3S. The minimum Gasteiger partial charge on any atom is -0.476 e. The van der Waals surface area contributed by atoms with Crippen molar-refractivity contribution in [1.29, 1.82) is 0 Å². The highest BCUT2D eigenvalue weighted by Gasteiger charge is 2.30. The van der Waals surface area contributed by atoms with Gasteiger partial charge in [-0.3, -0.25) is 0 Å². The molecule has 19 heavy (non-hydrogen) atoms. The molecule has 0 bridgehead atoms. The first-order valence-electron chi connectivity index (χ1n) is 5.38. The van der Waals surface area contributed by atoms with E-state index in [0.717, 1.165) is 12.1 Å². The molecule has 0 aliphatic heterocycles. The summed E-state index contributed by atoms with van der Waals surface area (Å²) in [5, 5.41) is 0. The molecule has 0 amide bonds. The molecule has 0 radical (unpaired) electrons. The number of nitrogens with one attached hydrogen (secondary N) is 1. The Labute approximate surface area is 108 Å². The van der Waals surface area contributed by atoms with Crippen molar-refractivity contribution in [2.24, 2.45) is 0 Å². The zero-order valence-corrected chi connectivity index (χ0v) is 10.9. The fourth-order valence-electron chi connectivity index (χ4n) is 1.09. The van der Waals surface area contributed by atoms with Crippen molar-refractivity contribution in [3.05, 3.63) is 23.9 Å². The third-order valence-corrected chi connectivity index (χ3v) is 3.52. The van der Waals surface area contributed by atoms with E-state index in [1.54, 1.807) is 0 Å². The number of pyridine rings is 1. The first-order valence-corrected chi connectivity index (χ1v) is 7.03. The average molecular weight is 298 g/mol. The van der Waals surface area contributed by atoms with Gasteiger partial charge in [0.25, 0.3) is 0 Å². The normalized spacial score (nSPS) is 12.4. The zero-order valence-electron chi connectivity index (χ0n) is 10.1. The van der Waals surface area contributed by atoms with Crippen LogP contribution in [-0.2, 0) is 16.2 Å². The van der Waals surface area contributed by atoms with E-state index in [2.05, 4.69) is 9.71 Å². The van der Waals surface area contributed by atoms with Crippen LogP contribution in [-0.4, -0.2) is 32.3 Å². The predicted molar refractivity (Wildman–Crippen MR) is 62.2 cm³/mol. The SMILES string of the molecule is CCS(=O)(=O)NCCOc1ccc(C(F)(F)F)cn1. The molecule has 0 aliphatic carbocycles. The van der Waals surface area contributed by atoms with Gasteiger partial charge in [0.2, 0.25) is 15.9 Å². The molecule has 1 heterocycles. The molecule has 0 unspecified atom stereocenters. The van der Waals surface area contributed by atoms with Crippen molar-refractivity contribution in [3.8, 4) is 5.88 Å². The number of ether oxygens (including phenoxy) is 1. The van der Waals surface area contributed by atoms with Crippen molar-refractivity contribution < 1.29 is 26.3 Å². The molecule has 0 saturated heterocycles. The molecule has 108 valence electrons. The monoisotopic (exact) mass is 298 g/mol. The van der Waals surface area contributed by atoms with Crippen LogP contribution in [0, 0.1) is 0 Å². The fraction of sp³-hybridized carbons (Fsp3) is 0.500. The number of nitrogens with zero attached hydrogens (tertiary/aromatic N) is 1. The van der Waals surface area contributed by atoms with E-state index in [1.807, 2.05) is 0 Å². The summed E-state index contributed by atoms with van der Waals surface area (Å²) < 4.78 is 66.1. The Morgan fingerprint density at radius 1 is 1.37 bits per heavy atom. The Bertz CT molecular complexity index is 500. The van der Waals surface area contributed by atoms with Crippen LogP contribution in [0.15, 0.2) is 18.3 Å². The molecule has 1 N–H and O–H groups in total. The van der Waals surface area contributed by atoms with E-state index in [-0.39, 0.29) is 24.8 Å². The first-order chi connectivity index (χ1) is 8.74. The lowest BCUT2D eigenvalue weighted by Gasteiger charge is -2.08. The second kappa shape index (κ2) is 6.20. The van der Waals surface area contributed by atoms with Gasteiger partial charge in [-0.2, -0.15) is 13.2 Å². The van der Waals surface area contributed by atoms with Crippen LogP contribution in [0.25, 0.3) is 0 Å². The molecule has 5 nitrogen and oxygen atoms in total. The zero-order chi connectivity index (χ0) is 14.5. The lowest BCUT2D eigenvalue weighted by atomic mass is 10.3. The van der Waals surface area contributed by atoms with Gasteiger partial charge in [0.15, 0.2) is 0 Å². The summed E-state index contributed by atoms with van der Waals surface area (Å²) in [5.74, 6) is -0.0466. The highest BCUT2D eigenvalue weighted by atomic mass is 32.2. The number of hydrogen-bond donors (Lipinski definition) is 1. The number of hydrogen-bond acceptors (Lipinski definition) is 4. The van der Waals surface area contributed by atoms with E-state index in [4.69, 9.17) is 4.74 Å². The molecule has 0 spiro atoms. The molecule has 0 fully saturated rings. The maximum absolute atomic E-state index is 12.2. The molecule has 0 atom stereocenters. The maximum Gasteiger partial charge on any atom is 0.417 e. The summed E-state index contributed by atoms with van der Waals surface area (Å²) in [4.78, 5) is 3.48. The van der Waals surface area contributed by atoms with Gasteiger partial charge >= 0.3 is 6.18 Å². The van der Waals surface area contributed by atoms with E-state index >= 15 is 0 Å². The summed E-state index contributed by atoms with van der Waals surface area (Å²) in [6.45, 7) is 1.50. The number of alkyl halides is 3. The van der Waals surface area contributed by atoms with E-state index in [9.17, 15) is 21.6 Å². The Balaban J connectivity index is 2.43. The Kier molecular flexibility index (Phi) is 5.12. The molecule has 0 aromatic carbocycles. The van der Waals surface area contributed by atoms with Crippen LogP contribution in [0.2, 0.25) is 0 Å². The van der Waals surface area contributed by atoms with Gasteiger partial charge in [-0.1, -0.05) is 0 Å². The van der Waals surface area contributed by atoms with Crippen LogP contribution in [0.1, 0.15) is 12.5 Å².